The summed E-state index contributed by atoms with van der Waals surface area (Å²) in [4.78, 5) is 25.5. The van der Waals surface area contributed by atoms with Gasteiger partial charge in [0.15, 0.2) is 0 Å². The summed E-state index contributed by atoms with van der Waals surface area (Å²) < 4.78 is 0. The van der Waals surface area contributed by atoms with Crippen LogP contribution in [0, 0.1) is 0 Å². The lowest BCUT2D eigenvalue weighted by atomic mass is 9.98. The van der Waals surface area contributed by atoms with Crippen molar-refractivity contribution in [2.24, 2.45) is 0 Å². The van der Waals surface area contributed by atoms with Crippen molar-refractivity contribution in [1.82, 2.24) is 4.90 Å². The number of aryl methyl sites for hydroxylation is 2. The topological polar surface area (TPSA) is 57.6 Å². The number of benzene rings is 1. The maximum atomic E-state index is 12.5. The van der Waals surface area contributed by atoms with Gasteiger partial charge in [0.2, 0.25) is 5.91 Å². The van der Waals surface area contributed by atoms with Gasteiger partial charge in [-0.3, -0.25) is 4.79 Å². The fraction of sp³-hybridized carbons (Fsp3) is 0.529. The smallest absolute Gasteiger partial charge is 0.329 e. The van der Waals surface area contributed by atoms with Crippen molar-refractivity contribution in [2.75, 3.05) is 6.54 Å². The first kappa shape index (κ1) is 14.1. The molecule has 1 N–H and O–H groups in total. The molecular weight excluding hydrogens is 266 g/mol. The van der Waals surface area contributed by atoms with Crippen LogP contribution in [0.3, 0.4) is 0 Å². The first-order chi connectivity index (χ1) is 10.0. The average Bonchev–Trinajstić information content (AvgIpc) is 3.05. The number of hydrogen-bond donors (Lipinski definition) is 1. The molecule has 1 unspecified atom stereocenters. The third kappa shape index (κ3) is 2.43. The van der Waals surface area contributed by atoms with E-state index in [9.17, 15) is 14.7 Å². The van der Waals surface area contributed by atoms with Crippen molar-refractivity contribution in [3.8, 4) is 0 Å². The molecule has 1 heterocycles. The fourth-order valence-corrected chi connectivity index (χ4v) is 3.59. The van der Waals surface area contributed by atoms with Crippen molar-refractivity contribution in [1.29, 1.82) is 0 Å². The summed E-state index contributed by atoms with van der Waals surface area (Å²) in [6.45, 7) is 2.20. The number of likely N-dealkylation sites (tertiary alicyclic amines) is 1. The zero-order valence-corrected chi connectivity index (χ0v) is 12.4. The maximum Gasteiger partial charge on any atom is 0.329 e. The number of carboxylic acid groups (broad SMARTS) is 1. The van der Waals surface area contributed by atoms with Crippen molar-refractivity contribution in [2.45, 2.75) is 51.0 Å². The van der Waals surface area contributed by atoms with Crippen LogP contribution in [0.2, 0.25) is 0 Å². The molecule has 4 nitrogen and oxygen atoms in total. The Morgan fingerprint density at radius 1 is 1.24 bits per heavy atom. The normalized spacial score (nSPS) is 24.1. The number of rotatable bonds is 3. The van der Waals surface area contributed by atoms with Crippen LogP contribution in [0.1, 0.15) is 42.9 Å². The predicted molar refractivity (Wildman–Crippen MR) is 79.2 cm³/mol. The zero-order valence-electron chi connectivity index (χ0n) is 12.4. The number of carboxylic acids is 1. The lowest BCUT2D eigenvalue weighted by Crippen LogP contribution is -2.51. The Morgan fingerprint density at radius 3 is 2.76 bits per heavy atom. The van der Waals surface area contributed by atoms with E-state index in [1.165, 1.54) is 17.5 Å². The second-order valence-corrected chi connectivity index (χ2v) is 6.36. The highest BCUT2D eigenvalue weighted by molar-refractivity contribution is 5.88. The van der Waals surface area contributed by atoms with E-state index >= 15 is 0 Å². The lowest BCUT2D eigenvalue weighted by Gasteiger charge is -2.31. The van der Waals surface area contributed by atoms with E-state index in [-0.39, 0.29) is 5.91 Å². The second-order valence-electron chi connectivity index (χ2n) is 6.36. The molecule has 0 bridgehead atoms. The van der Waals surface area contributed by atoms with Gasteiger partial charge >= 0.3 is 5.97 Å². The van der Waals surface area contributed by atoms with Crippen LogP contribution < -0.4 is 0 Å². The quantitative estimate of drug-likeness (QED) is 0.927. The molecule has 21 heavy (non-hydrogen) atoms. The van der Waals surface area contributed by atoms with Gasteiger partial charge in [0.05, 0.1) is 6.42 Å². The summed E-state index contributed by atoms with van der Waals surface area (Å²) in [6.07, 6.45) is 5.02. The van der Waals surface area contributed by atoms with Gasteiger partial charge in [0.25, 0.3) is 0 Å². The molecule has 1 amide bonds. The first-order valence-corrected chi connectivity index (χ1v) is 7.65. The molecule has 0 spiro atoms. The molecule has 1 aromatic rings. The van der Waals surface area contributed by atoms with Crippen LogP contribution >= 0.6 is 0 Å². The second kappa shape index (κ2) is 5.17. The molecule has 1 fully saturated rings. The maximum absolute atomic E-state index is 12.5. The highest BCUT2D eigenvalue weighted by atomic mass is 16.4. The Morgan fingerprint density at radius 2 is 2.00 bits per heavy atom. The van der Waals surface area contributed by atoms with Crippen LogP contribution in [0.25, 0.3) is 0 Å². The van der Waals surface area contributed by atoms with Gasteiger partial charge in [0, 0.05) is 6.54 Å². The molecule has 112 valence electrons. The molecule has 1 aliphatic heterocycles. The molecule has 0 saturated carbocycles. The number of hydrogen-bond acceptors (Lipinski definition) is 2. The number of aliphatic carboxylic acids is 1. The van der Waals surface area contributed by atoms with E-state index in [4.69, 9.17) is 0 Å². The molecule has 4 heteroatoms. The van der Waals surface area contributed by atoms with Crippen molar-refractivity contribution in [3.63, 3.8) is 0 Å². The van der Waals surface area contributed by atoms with Crippen LogP contribution in [-0.2, 0) is 28.9 Å². The van der Waals surface area contributed by atoms with E-state index in [2.05, 4.69) is 12.1 Å². The van der Waals surface area contributed by atoms with Gasteiger partial charge in [-0.05, 0) is 55.7 Å². The first-order valence-electron chi connectivity index (χ1n) is 7.65. The zero-order chi connectivity index (χ0) is 15.0. The number of amides is 1. The predicted octanol–water partition coefficient (Wildman–Crippen LogP) is 2.18. The lowest BCUT2D eigenvalue weighted by molar-refractivity contribution is -0.155. The molecule has 0 radical (unpaired) electrons. The number of carbonyl (C=O) groups is 2. The highest BCUT2D eigenvalue weighted by Crippen LogP contribution is 2.30. The minimum atomic E-state index is -1.03. The van der Waals surface area contributed by atoms with Gasteiger partial charge in [-0.1, -0.05) is 18.2 Å². The monoisotopic (exact) mass is 287 g/mol. The third-order valence-corrected chi connectivity index (χ3v) is 4.92. The molecule has 2 aliphatic rings. The Balaban J connectivity index is 1.76. The van der Waals surface area contributed by atoms with Crippen LogP contribution in [0.15, 0.2) is 18.2 Å². The summed E-state index contributed by atoms with van der Waals surface area (Å²) >= 11 is 0. The molecule has 1 aliphatic carbocycles. The molecule has 1 aromatic carbocycles. The molecule has 3 rings (SSSR count). The van der Waals surface area contributed by atoms with E-state index in [0.717, 1.165) is 24.8 Å². The Bertz CT molecular complexity index is 596. The Hall–Kier alpha value is -1.84. The SMILES string of the molecule is CC1(C(=O)O)CCCN1C(=O)Cc1ccc2c(c1)CCC2. The summed E-state index contributed by atoms with van der Waals surface area (Å²) in [7, 11) is 0. The Kier molecular flexibility index (Phi) is 3.47. The standard InChI is InChI=1S/C17H21NO3/c1-17(16(20)21)8-3-9-18(17)15(19)11-12-6-7-13-4-2-5-14(13)10-12/h6-7,10H,2-5,8-9,11H2,1H3,(H,20,21). The van der Waals surface area contributed by atoms with Crippen LogP contribution in [0.5, 0.6) is 0 Å². The number of fused-ring (bicyclic) bond motifs is 1. The summed E-state index contributed by atoms with van der Waals surface area (Å²) in [5, 5.41) is 9.39. The largest absolute Gasteiger partial charge is 0.480 e. The molecule has 0 aromatic heterocycles. The fourth-order valence-electron chi connectivity index (χ4n) is 3.59. The Labute approximate surface area is 124 Å². The summed E-state index contributed by atoms with van der Waals surface area (Å²) in [6, 6.07) is 6.25. The average molecular weight is 287 g/mol. The van der Waals surface area contributed by atoms with Gasteiger partial charge in [-0.25, -0.2) is 4.79 Å². The van der Waals surface area contributed by atoms with E-state index < -0.39 is 11.5 Å². The summed E-state index contributed by atoms with van der Waals surface area (Å²) in [5.74, 6) is -0.974. The third-order valence-electron chi connectivity index (χ3n) is 4.92. The van der Waals surface area contributed by atoms with Crippen LogP contribution in [0.4, 0.5) is 0 Å². The number of nitrogens with zero attached hydrogens (tertiary/aromatic N) is 1. The molecule has 1 atom stereocenters. The van der Waals surface area contributed by atoms with Gasteiger partial charge in [0.1, 0.15) is 5.54 Å². The summed E-state index contributed by atoms with van der Waals surface area (Å²) in [5.41, 5.74) is 2.71. The molecular formula is C17H21NO3. The highest BCUT2D eigenvalue weighted by Gasteiger charge is 2.45. The van der Waals surface area contributed by atoms with E-state index in [0.29, 0.717) is 19.4 Å². The minimum Gasteiger partial charge on any atom is -0.480 e. The molecule has 1 saturated heterocycles. The van der Waals surface area contributed by atoms with Crippen molar-refractivity contribution >= 4 is 11.9 Å². The van der Waals surface area contributed by atoms with E-state index in [1.54, 1.807) is 11.8 Å². The van der Waals surface area contributed by atoms with Gasteiger partial charge < -0.3 is 10.0 Å². The van der Waals surface area contributed by atoms with Gasteiger partial charge in [-0.2, -0.15) is 0 Å². The minimum absolute atomic E-state index is 0.0738. The van der Waals surface area contributed by atoms with Crippen molar-refractivity contribution in [3.05, 3.63) is 34.9 Å². The van der Waals surface area contributed by atoms with Gasteiger partial charge in [-0.15, -0.1) is 0 Å². The van der Waals surface area contributed by atoms with Crippen molar-refractivity contribution < 1.29 is 14.7 Å². The number of carbonyl (C=O) groups excluding carboxylic acids is 1. The van der Waals surface area contributed by atoms with E-state index in [1.807, 2.05) is 6.07 Å². The van der Waals surface area contributed by atoms with Crippen LogP contribution in [-0.4, -0.2) is 34.0 Å².